The van der Waals surface area contributed by atoms with Crippen LogP contribution in [-0.2, 0) is 32.7 Å². The van der Waals surface area contributed by atoms with Crippen molar-refractivity contribution in [2.75, 3.05) is 26.4 Å². The molecule has 2 atom stereocenters. The van der Waals surface area contributed by atoms with Crippen LogP contribution in [0.3, 0.4) is 0 Å². The largest absolute Gasteiger partial charge is 0.472 e. The molecule has 0 aliphatic rings. The second kappa shape index (κ2) is 33.4. The van der Waals surface area contributed by atoms with E-state index in [9.17, 15) is 19.0 Å². The van der Waals surface area contributed by atoms with Crippen molar-refractivity contribution in [1.82, 2.24) is 0 Å². The van der Waals surface area contributed by atoms with Crippen LogP contribution < -0.4 is 5.73 Å². The van der Waals surface area contributed by atoms with E-state index in [1.54, 1.807) is 0 Å². The number of phosphoric ester groups is 1. The summed E-state index contributed by atoms with van der Waals surface area (Å²) in [4.78, 5) is 34.4. The predicted molar refractivity (Wildman–Crippen MR) is 192 cm³/mol. The Balaban J connectivity index is 4.39. The number of rotatable bonds is 31. The van der Waals surface area contributed by atoms with Crippen molar-refractivity contribution in [2.24, 2.45) is 5.73 Å². The fraction of sp³-hybridized carbons (Fsp3) is 0.622. The van der Waals surface area contributed by atoms with Crippen LogP contribution in [0.15, 0.2) is 72.9 Å². The summed E-state index contributed by atoms with van der Waals surface area (Å²) in [7, 11) is -4.39. The predicted octanol–water partition coefficient (Wildman–Crippen LogP) is 9.15. The molecular formula is C37H62NO8P. The van der Waals surface area contributed by atoms with Gasteiger partial charge in [-0.05, 0) is 51.4 Å². The molecule has 0 spiro atoms. The summed E-state index contributed by atoms with van der Waals surface area (Å²) in [6, 6.07) is 0. The Morgan fingerprint density at radius 2 is 1.17 bits per heavy atom. The van der Waals surface area contributed by atoms with Gasteiger partial charge in [-0.15, -0.1) is 0 Å². The van der Waals surface area contributed by atoms with E-state index in [0.29, 0.717) is 6.42 Å². The molecule has 0 aromatic rings. The Bertz CT molecular complexity index is 1000. The molecule has 1 unspecified atom stereocenters. The fourth-order valence-electron chi connectivity index (χ4n) is 4.07. The van der Waals surface area contributed by atoms with Crippen LogP contribution in [0, 0.1) is 0 Å². The van der Waals surface area contributed by atoms with E-state index in [4.69, 9.17) is 24.3 Å². The SMILES string of the molecule is CC/C=C/C/C=C/C/C=C/C/C=C/C/C=C/C/C=C/CCC(=O)O[C@H](COC(=O)CCCCCCCCC)COP(=O)(O)OCCN. The Kier molecular flexibility index (Phi) is 31.5. The minimum atomic E-state index is -4.39. The molecule has 268 valence electrons. The van der Waals surface area contributed by atoms with Gasteiger partial charge in [-0.2, -0.15) is 0 Å². The van der Waals surface area contributed by atoms with Crippen molar-refractivity contribution in [3.8, 4) is 0 Å². The number of esters is 2. The van der Waals surface area contributed by atoms with Gasteiger partial charge in [-0.3, -0.25) is 18.6 Å². The quantitative estimate of drug-likeness (QED) is 0.0318. The number of hydrogen-bond donors (Lipinski definition) is 2. The van der Waals surface area contributed by atoms with Gasteiger partial charge in [0.25, 0.3) is 0 Å². The molecule has 0 aliphatic heterocycles. The second-order valence-electron chi connectivity index (χ2n) is 11.0. The third-order valence-corrected chi connectivity index (χ3v) is 7.60. The first kappa shape index (κ1) is 44.5. The number of carbonyl (C=O) groups is 2. The van der Waals surface area contributed by atoms with E-state index in [1.807, 2.05) is 12.2 Å². The first-order valence-electron chi connectivity index (χ1n) is 17.4. The van der Waals surface area contributed by atoms with Gasteiger partial charge in [0.2, 0.25) is 0 Å². The van der Waals surface area contributed by atoms with Crippen LogP contribution in [0.1, 0.15) is 117 Å². The number of phosphoric acid groups is 1. The highest BCUT2D eigenvalue weighted by Gasteiger charge is 2.25. The molecule has 10 heteroatoms. The van der Waals surface area contributed by atoms with Crippen LogP contribution in [0.2, 0.25) is 0 Å². The van der Waals surface area contributed by atoms with E-state index in [1.165, 1.54) is 19.3 Å². The van der Waals surface area contributed by atoms with Gasteiger partial charge in [0.15, 0.2) is 6.10 Å². The van der Waals surface area contributed by atoms with Crippen LogP contribution in [0.5, 0.6) is 0 Å². The lowest BCUT2D eigenvalue weighted by Crippen LogP contribution is -2.29. The Hall–Kier alpha value is -2.55. The van der Waals surface area contributed by atoms with Crippen LogP contribution in [-0.4, -0.2) is 49.3 Å². The first-order chi connectivity index (χ1) is 22.8. The zero-order chi connectivity index (χ0) is 34.7. The molecule has 0 aromatic carbocycles. The molecular weight excluding hydrogens is 617 g/mol. The minimum Gasteiger partial charge on any atom is -0.462 e. The summed E-state index contributed by atoms with van der Waals surface area (Å²) in [5, 5.41) is 0. The molecule has 0 rings (SSSR count). The normalized spacial score (nSPS) is 14.4. The number of nitrogens with two attached hydrogens (primary N) is 1. The van der Waals surface area contributed by atoms with E-state index in [-0.39, 0.29) is 32.6 Å². The lowest BCUT2D eigenvalue weighted by molar-refractivity contribution is -0.161. The summed E-state index contributed by atoms with van der Waals surface area (Å²) in [6.45, 7) is 3.43. The maximum absolute atomic E-state index is 12.4. The summed E-state index contributed by atoms with van der Waals surface area (Å²) >= 11 is 0. The lowest BCUT2D eigenvalue weighted by atomic mass is 10.1. The van der Waals surface area contributed by atoms with Gasteiger partial charge in [0.05, 0.1) is 13.2 Å². The molecule has 0 saturated heterocycles. The van der Waals surface area contributed by atoms with E-state index in [0.717, 1.165) is 64.2 Å². The number of ether oxygens (including phenoxy) is 2. The number of allylic oxidation sites excluding steroid dienone is 12. The van der Waals surface area contributed by atoms with Crippen molar-refractivity contribution in [2.45, 2.75) is 123 Å². The number of carbonyl (C=O) groups excluding carboxylic acids is 2. The van der Waals surface area contributed by atoms with Crippen molar-refractivity contribution in [3.63, 3.8) is 0 Å². The molecule has 0 heterocycles. The topological polar surface area (TPSA) is 134 Å². The van der Waals surface area contributed by atoms with Crippen LogP contribution >= 0.6 is 7.82 Å². The van der Waals surface area contributed by atoms with Crippen LogP contribution in [0.25, 0.3) is 0 Å². The zero-order valence-electron chi connectivity index (χ0n) is 29.0. The fourth-order valence-corrected chi connectivity index (χ4v) is 4.83. The van der Waals surface area contributed by atoms with E-state index in [2.05, 4.69) is 74.6 Å². The Morgan fingerprint density at radius 3 is 1.70 bits per heavy atom. The standard InChI is InChI=1S/C37H62NO8P/c1-3-5-7-9-11-12-13-14-15-16-17-18-19-20-21-22-24-26-28-30-37(40)46-35(34-45-47(41,42)44-32-31-38)33-43-36(39)29-27-25-23-10-8-6-4-2/h5,7,11-12,14-15,17-18,20-21,24,26,35H,3-4,6,8-10,13,16,19,22-23,25,27-34,38H2,1-2H3,(H,41,42)/b7-5+,12-11+,15-14+,18-17+,21-20+,26-24+/t35-/m1/s1. The molecule has 0 fully saturated rings. The second-order valence-corrected chi connectivity index (χ2v) is 12.5. The lowest BCUT2D eigenvalue weighted by Gasteiger charge is -2.19. The summed E-state index contributed by atoms with van der Waals surface area (Å²) in [5.74, 6) is -0.943. The highest BCUT2D eigenvalue weighted by molar-refractivity contribution is 7.47. The van der Waals surface area contributed by atoms with Gasteiger partial charge < -0.3 is 20.1 Å². The van der Waals surface area contributed by atoms with E-state index >= 15 is 0 Å². The van der Waals surface area contributed by atoms with Crippen molar-refractivity contribution in [1.29, 1.82) is 0 Å². The van der Waals surface area contributed by atoms with E-state index < -0.39 is 32.5 Å². The van der Waals surface area contributed by atoms with Crippen molar-refractivity contribution >= 4 is 19.8 Å². The van der Waals surface area contributed by atoms with Crippen LogP contribution in [0.4, 0.5) is 0 Å². The summed E-state index contributed by atoms with van der Waals surface area (Å²) in [5.41, 5.74) is 5.30. The molecule has 0 amide bonds. The first-order valence-corrected chi connectivity index (χ1v) is 18.9. The molecule has 9 nitrogen and oxygen atoms in total. The van der Waals surface area contributed by atoms with Gasteiger partial charge in [0, 0.05) is 19.4 Å². The molecule has 0 radical (unpaired) electrons. The molecule has 0 bridgehead atoms. The average Bonchev–Trinajstić information content (AvgIpc) is 3.05. The monoisotopic (exact) mass is 679 g/mol. The van der Waals surface area contributed by atoms with Crippen molar-refractivity contribution in [3.05, 3.63) is 72.9 Å². The van der Waals surface area contributed by atoms with Crippen molar-refractivity contribution < 1.29 is 37.6 Å². The highest BCUT2D eigenvalue weighted by atomic mass is 31.2. The smallest absolute Gasteiger partial charge is 0.462 e. The minimum absolute atomic E-state index is 0.0388. The number of hydrogen-bond acceptors (Lipinski definition) is 8. The third kappa shape index (κ3) is 33.2. The average molecular weight is 680 g/mol. The maximum atomic E-state index is 12.4. The zero-order valence-corrected chi connectivity index (χ0v) is 29.9. The third-order valence-electron chi connectivity index (χ3n) is 6.62. The molecule has 0 saturated carbocycles. The highest BCUT2D eigenvalue weighted by Crippen LogP contribution is 2.43. The van der Waals surface area contributed by atoms with Gasteiger partial charge in [-0.1, -0.05) is 125 Å². The van der Waals surface area contributed by atoms with Gasteiger partial charge >= 0.3 is 19.8 Å². The molecule has 47 heavy (non-hydrogen) atoms. The molecule has 0 aliphatic carbocycles. The Morgan fingerprint density at radius 1 is 0.660 bits per heavy atom. The Labute approximate surface area is 284 Å². The van der Waals surface area contributed by atoms with Gasteiger partial charge in [0.1, 0.15) is 6.61 Å². The van der Waals surface area contributed by atoms with Gasteiger partial charge in [-0.25, -0.2) is 4.57 Å². The number of unbranched alkanes of at least 4 members (excludes halogenated alkanes) is 6. The summed E-state index contributed by atoms with van der Waals surface area (Å²) in [6.07, 6.45) is 38.3. The maximum Gasteiger partial charge on any atom is 0.472 e. The molecule has 0 aromatic heterocycles. The summed E-state index contributed by atoms with van der Waals surface area (Å²) < 4.78 is 32.4. The molecule has 3 N–H and O–H groups in total.